The maximum Gasteiger partial charge on any atom is 0.253 e. The van der Waals surface area contributed by atoms with Gasteiger partial charge in [0.05, 0.1) is 6.54 Å². The van der Waals surface area contributed by atoms with E-state index in [0.29, 0.717) is 44.7 Å². The lowest BCUT2D eigenvalue weighted by molar-refractivity contribution is -0.128. The lowest BCUT2D eigenvalue weighted by Crippen LogP contribution is -2.49. The van der Waals surface area contributed by atoms with Crippen LogP contribution in [-0.4, -0.2) is 72.2 Å². The predicted molar refractivity (Wildman–Crippen MR) is 89.4 cm³/mol. The zero-order chi connectivity index (χ0) is 17.8. The molecule has 1 aromatic carbocycles. The minimum atomic E-state index is -2.34. The molecule has 5 nitrogen and oxygen atoms in total. The monoisotopic (exact) mass is 351 g/mol. The summed E-state index contributed by atoms with van der Waals surface area (Å²) in [5.74, 6) is 0.113. The van der Waals surface area contributed by atoms with Crippen LogP contribution in [-0.2, 0) is 11.3 Å². The van der Waals surface area contributed by atoms with E-state index in [1.165, 1.54) is 0 Å². The second-order valence-corrected chi connectivity index (χ2v) is 6.60. The maximum absolute atomic E-state index is 12.5. The summed E-state index contributed by atoms with van der Waals surface area (Å²) < 4.78 is 24.8. The molecule has 0 aliphatic carbocycles. The molecule has 2 aliphatic rings. The molecule has 0 N–H and O–H groups in total. The van der Waals surface area contributed by atoms with E-state index in [0.717, 1.165) is 18.5 Å². The number of alkyl halides is 2. The smallest absolute Gasteiger partial charge is 0.253 e. The number of halogens is 2. The zero-order valence-corrected chi connectivity index (χ0v) is 14.2. The summed E-state index contributed by atoms with van der Waals surface area (Å²) in [5.41, 5.74) is 1.60. The van der Waals surface area contributed by atoms with E-state index < -0.39 is 6.43 Å². The summed E-state index contributed by atoms with van der Waals surface area (Å²) in [7, 11) is 0. The molecule has 0 unspecified atom stereocenters. The average Bonchev–Trinajstić information content (AvgIpc) is 3.00. The van der Waals surface area contributed by atoms with Crippen molar-refractivity contribution in [3.05, 3.63) is 35.4 Å². The second kappa shape index (κ2) is 7.91. The Hall–Kier alpha value is -2.02. The molecule has 2 heterocycles. The molecule has 2 aliphatic heterocycles. The first-order chi connectivity index (χ1) is 12.0. The average molecular weight is 351 g/mol. The van der Waals surface area contributed by atoms with Crippen LogP contribution >= 0.6 is 0 Å². The molecular weight excluding hydrogens is 328 g/mol. The van der Waals surface area contributed by atoms with Crippen molar-refractivity contribution in [2.45, 2.75) is 25.8 Å². The number of likely N-dealkylation sites (tertiary alicyclic amines) is 1. The van der Waals surface area contributed by atoms with Crippen molar-refractivity contribution in [2.75, 3.05) is 39.3 Å². The Morgan fingerprint density at radius 1 is 1.04 bits per heavy atom. The third-order valence-electron chi connectivity index (χ3n) is 4.80. The molecule has 1 aromatic rings. The van der Waals surface area contributed by atoms with Gasteiger partial charge in [0.1, 0.15) is 0 Å². The van der Waals surface area contributed by atoms with Crippen molar-refractivity contribution < 1.29 is 18.4 Å². The number of hydrogen-bond acceptors (Lipinski definition) is 3. The van der Waals surface area contributed by atoms with Gasteiger partial charge < -0.3 is 9.80 Å². The van der Waals surface area contributed by atoms with Crippen LogP contribution in [0.5, 0.6) is 0 Å². The summed E-state index contributed by atoms with van der Waals surface area (Å²) in [6.07, 6.45) is -0.807. The third-order valence-corrected chi connectivity index (χ3v) is 4.80. The lowest BCUT2D eigenvalue weighted by atomic mass is 10.1. The molecule has 3 rings (SSSR count). The molecule has 0 bridgehead atoms. The van der Waals surface area contributed by atoms with E-state index in [2.05, 4.69) is 0 Å². The highest BCUT2D eigenvalue weighted by atomic mass is 19.3. The van der Waals surface area contributed by atoms with E-state index in [1.54, 1.807) is 21.9 Å². The summed E-state index contributed by atoms with van der Waals surface area (Å²) in [6.45, 7) is 3.04. The van der Waals surface area contributed by atoms with E-state index in [9.17, 15) is 18.4 Å². The Morgan fingerprint density at radius 2 is 1.72 bits per heavy atom. The Bertz CT molecular complexity index is 613. The normalized spacial score (nSPS) is 19.1. The molecule has 0 atom stereocenters. The number of carbonyl (C=O) groups is 2. The van der Waals surface area contributed by atoms with Crippen molar-refractivity contribution in [2.24, 2.45) is 0 Å². The van der Waals surface area contributed by atoms with Crippen LogP contribution in [0.15, 0.2) is 24.3 Å². The minimum Gasteiger partial charge on any atom is -0.338 e. The van der Waals surface area contributed by atoms with Gasteiger partial charge in [-0.3, -0.25) is 14.5 Å². The number of nitrogens with zero attached hydrogens (tertiary/aromatic N) is 3. The lowest BCUT2D eigenvalue weighted by Gasteiger charge is -2.34. The first-order valence-electron chi connectivity index (χ1n) is 8.69. The van der Waals surface area contributed by atoms with Crippen molar-refractivity contribution >= 4 is 11.8 Å². The number of hydrogen-bond donors (Lipinski definition) is 0. The van der Waals surface area contributed by atoms with Gasteiger partial charge in [0.2, 0.25) is 5.91 Å². The highest BCUT2D eigenvalue weighted by molar-refractivity contribution is 5.94. The third kappa shape index (κ3) is 4.54. The van der Waals surface area contributed by atoms with Gasteiger partial charge in [-0.25, -0.2) is 8.78 Å². The van der Waals surface area contributed by atoms with Gasteiger partial charge in [0, 0.05) is 51.3 Å². The number of piperazine rings is 1. The largest absolute Gasteiger partial charge is 0.338 e. The second-order valence-electron chi connectivity index (χ2n) is 6.60. The first kappa shape index (κ1) is 17.8. The molecule has 136 valence electrons. The minimum absolute atomic E-state index is 0.0690. The Balaban J connectivity index is 1.53. The molecular formula is C18H23F2N3O2. The maximum atomic E-state index is 12.5. The summed E-state index contributed by atoms with van der Waals surface area (Å²) in [5, 5.41) is 0. The predicted octanol–water partition coefficient (Wildman–Crippen LogP) is 1.83. The highest BCUT2D eigenvalue weighted by Gasteiger charge is 2.24. The van der Waals surface area contributed by atoms with Crippen LogP contribution in [0.4, 0.5) is 8.78 Å². The quantitative estimate of drug-likeness (QED) is 0.813. The van der Waals surface area contributed by atoms with Crippen LogP contribution < -0.4 is 0 Å². The number of rotatable bonds is 5. The first-order valence-corrected chi connectivity index (χ1v) is 8.69. The van der Waals surface area contributed by atoms with Crippen LogP contribution in [0.25, 0.3) is 0 Å². The SMILES string of the molecule is O=C1CCCN1Cc1ccc(C(=O)N2CCN(CC(F)F)CC2)cc1. The van der Waals surface area contributed by atoms with E-state index in [1.807, 2.05) is 17.0 Å². The summed E-state index contributed by atoms with van der Waals surface area (Å²) >= 11 is 0. The molecule has 2 amide bonds. The van der Waals surface area contributed by atoms with Crippen LogP contribution in [0, 0.1) is 0 Å². The van der Waals surface area contributed by atoms with Crippen molar-refractivity contribution in [1.82, 2.24) is 14.7 Å². The van der Waals surface area contributed by atoms with Crippen LogP contribution in [0.1, 0.15) is 28.8 Å². The molecule has 0 radical (unpaired) electrons. The highest BCUT2D eigenvalue weighted by Crippen LogP contribution is 2.16. The number of benzene rings is 1. The number of carbonyl (C=O) groups excluding carboxylic acids is 2. The molecule has 2 saturated heterocycles. The van der Waals surface area contributed by atoms with E-state index in [4.69, 9.17) is 0 Å². The molecule has 7 heteroatoms. The molecule has 0 saturated carbocycles. The summed E-state index contributed by atoms with van der Waals surface area (Å²) in [4.78, 5) is 29.4. The zero-order valence-electron chi connectivity index (χ0n) is 14.2. The topological polar surface area (TPSA) is 43.9 Å². The van der Waals surface area contributed by atoms with Gasteiger partial charge in [-0.1, -0.05) is 12.1 Å². The van der Waals surface area contributed by atoms with E-state index in [-0.39, 0.29) is 18.4 Å². The van der Waals surface area contributed by atoms with Gasteiger partial charge in [-0.05, 0) is 24.1 Å². The van der Waals surface area contributed by atoms with Gasteiger partial charge >= 0.3 is 0 Å². The molecule has 0 spiro atoms. The molecule has 25 heavy (non-hydrogen) atoms. The fraction of sp³-hybridized carbons (Fsp3) is 0.556. The standard InChI is InChI=1S/C18H23F2N3O2/c19-16(20)13-21-8-10-22(11-9-21)18(25)15-5-3-14(4-6-15)12-23-7-1-2-17(23)24/h3-6,16H,1-2,7-13H2. The Morgan fingerprint density at radius 3 is 2.28 bits per heavy atom. The Labute approximate surface area is 146 Å². The van der Waals surface area contributed by atoms with Gasteiger partial charge in [0.15, 0.2) is 0 Å². The van der Waals surface area contributed by atoms with Gasteiger partial charge in [-0.2, -0.15) is 0 Å². The van der Waals surface area contributed by atoms with Crippen molar-refractivity contribution in [3.63, 3.8) is 0 Å². The van der Waals surface area contributed by atoms with Crippen LogP contribution in [0.2, 0.25) is 0 Å². The fourth-order valence-corrected chi connectivity index (χ4v) is 3.36. The molecule has 0 aromatic heterocycles. The van der Waals surface area contributed by atoms with E-state index >= 15 is 0 Å². The fourth-order valence-electron chi connectivity index (χ4n) is 3.36. The van der Waals surface area contributed by atoms with Gasteiger partial charge in [0.25, 0.3) is 12.3 Å². The number of amides is 2. The molecule has 2 fully saturated rings. The van der Waals surface area contributed by atoms with Crippen LogP contribution in [0.3, 0.4) is 0 Å². The summed E-state index contributed by atoms with van der Waals surface area (Å²) in [6, 6.07) is 7.32. The van der Waals surface area contributed by atoms with Crippen molar-refractivity contribution in [1.29, 1.82) is 0 Å². The Kier molecular flexibility index (Phi) is 5.63. The van der Waals surface area contributed by atoms with Crippen molar-refractivity contribution in [3.8, 4) is 0 Å². The van der Waals surface area contributed by atoms with Gasteiger partial charge in [-0.15, -0.1) is 0 Å².